The van der Waals surface area contributed by atoms with E-state index in [0.29, 0.717) is 16.6 Å². The predicted molar refractivity (Wildman–Crippen MR) is 70.2 cm³/mol. The molecule has 0 aliphatic rings. The van der Waals surface area contributed by atoms with Crippen molar-refractivity contribution in [2.24, 2.45) is 0 Å². The van der Waals surface area contributed by atoms with Crippen LogP contribution in [0, 0.1) is 0 Å². The van der Waals surface area contributed by atoms with Crippen molar-refractivity contribution in [1.29, 1.82) is 0 Å². The monoisotopic (exact) mass is 319 g/mol. The molecule has 1 aromatic heterocycles. The first kappa shape index (κ1) is 11.8. The summed E-state index contributed by atoms with van der Waals surface area (Å²) in [6, 6.07) is 7.16. The minimum atomic E-state index is 0.574. The molecule has 0 saturated heterocycles. The molecular formula is C11H8BrCl2NO. The third kappa shape index (κ3) is 2.94. The van der Waals surface area contributed by atoms with Crippen LogP contribution in [-0.4, -0.2) is 0 Å². The zero-order valence-electron chi connectivity index (χ0n) is 8.14. The second-order valence-corrected chi connectivity index (χ2v) is 4.93. The molecule has 5 heteroatoms. The molecular weight excluding hydrogens is 313 g/mol. The van der Waals surface area contributed by atoms with Gasteiger partial charge in [0.05, 0.1) is 17.3 Å². The van der Waals surface area contributed by atoms with E-state index in [1.165, 1.54) is 0 Å². The summed E-state index contributed by atoms with van der Waals surface area (Å²) < 4.78 is 6.21. The highest BCUT2D eigenvalue weighted by Crippen LogP contribution is 2.24. The van der Waals surface area contributed by atoms with Gasteiger partial charge in [0.25, 0.3) is 0 Å². The molecule has 0 saturated carbocycles. The molecule has 0 unspecified atom stereocenters. The Labute approximate surface area is 112 Å². The topological polar surface area (TPSA) is 25.2 Å². The van der Waals surface area contributed by atoms with E-state index >= 15 is 0 Å². The summed E-state index contributed by atoms with van der Waals surface area (Å²) >= 11 is 15.2. The number of rotatable bonds is 3. The number of benzene rings is 1. The maximum absolute atomic E-state index is 5.88. The minimum Gasteiger partial charge on any atom is -0.466 e. The average molecular weight is 321 g/mol. The second kappa shape index (κ2) is 5.13. The van der Waals surface area contributed by atoms with Crippen LogP contribution in [0.15, 0.2) is 39.4 Å². The second-order valence-electron chi connectivity index (χ2n) is 3.20. The molecule has 2 nitrogen and oxygen atoms in total. The van der Waals surface area contributed by atoms with Gasteiger partial charge in [-0.15, -0.1) is 0 Å². The number of nitrogens with one attached hydrogen (secondary N) is 1. The largest absolute Gasteiger partial charge is 0.466 e. The van der Waals surface area contributed by atoms with Gasteiger partial charge in [-0.25, -0.2) is 0 Å². The predicted octanol–water partition coefficient (Wildman–Crippen LogP) is 4.96. The van der Waals surface area contributed by atoms with Crippen LogP contribution in [0.4, 0.5) is 5.69 Å². The molecule has 84 valence electrons. The first-order valence-electron chi connectivity index (χ1n) is 4.57. The van der Waals surface area contributed by atoms with Crippen LogP contribution >= 0.6 is 39.1 Å². The van der Waals surface area contributed by atoms with E-state index in [1.54, 1.807) is 12.3 Å². The highest BCUT2D eigenvalue weighted by molar-refractivity contribution is 9.10. The zero-order chi connectivity index (χ0) is 11.5. The van der Waals surface area contributed by atoms with E-state index < -0.39 is 0 Å². The molecule has 0 amide bonds. The molecule has 1 N–H and O–H groups in total. The third-order valence-electron chi connectivity index (χ3n) is 2.01. The molecule has 1 heterocycles. The van der Waals surface area contributed by atoms with Gasteiger partial charge in [-0.2, -0.15) is 0 Å². The van der Waals surface area contributed by atoms with Gasteiger partial charge in [0.2, 0.25) is 0 Å². The van der Waals surface area contributed by atoms with Crippen LogP contribution < -0.4 is 5.32 Å². The highest BCUT2D eigenvalue weighted by Gasteiger charge is 2.03. The van der Waals surface area contributed by atoms with Crippen LogP contribution in [0.1, 0.15) is 5.76 Å². The van der Waals surface area contributed by atoms with Crippen molar-refractivity contribution in [3.63, 3.8) is 0 Å². The van der Waals surface area contributed by atoms with Gasteiger partial charge in [-0.1, -0.05) is 23.2 Å². The fraction of sp³-hybridized carbons (Fsp3) is 0.0909. The van der Waals surface area contributed by atoms with Crippen molar-refractivity contribution >= 4 is 44.8 Å². The molecule has 0 aliphatic carbocycles. The highest BCUT2D eigenvalue weighted by atomic mass is 79.9. The quantitative estimate of drug-likeness (QED) is 0.864. The van der Waals surface area contributed by atoms with Crippen molar-refractivity contribution in [2.45, 2.75) is 6.54 Å². The molecule has 1 aromatic carbocycles. The molecule has 2 rings (SSSR count). The lowest BCUT2D eigenvalue weighted by Gasteiger charge is -2.06. The van der Waals surface area contributed by atoms with Crippen molar-refractivity contribution < 1.29 is 4.42 Å². The van der Waals surface area contributed by atoms with Crippen LogP contribution in [0.3, 0.4) is 0 Å². The van der Waals surface area contributed by atoms with E-state index in [2.05, 4.69) is 21.2 Å². The maximum Gasteiger partial charge on any atom is 0.136 e. The lowest BCUT2D eigenvalue weighted by molar-refractivity contribution is 0.516. The summed E-state index contributed by atoms with van der Waals surface area (Å²) in [5, 5.41) is 4.39. The summed E-state index contributed by atoms with van der Waals surface area (Å²) in [6.07, 6.45) is 1.63. The Kier molecular flexibility index (Phi) is 3.79. The van der Waals surface area contributed by atoms with Crippen molar-refractivity contribution in [3.05, 3.63) is 50.8 Å². The number of hydrogen-bond donors (Lipinski definition) is 1. The van der Waals surface area contributed by atoms with Crippen molar-refractivity contribution in [2.75, 3.05) is 5.32 Å². The summed E-state index contributed by atoms with van der Waals surface area (Å²) in [4.78, 5) is 0. The van der Waals surface area contributed by atoms with E-state index in [4.69, 9.17) is 27.6 Å². The number of anilines is 1. The van der Waals surface area contributed by atoms with Gasteiger partial charge < -0.3 is 9.73 Å². The third-order valence-corrected chi connectivity index (χ3v) is 3.15. The van der Waals surface area contributed by atoms with Crippen molar-refractivity contribution in [1.82, 2.24) is 0 Å². The first-order chi connectivity index (χ1) is 7.65. The standard InChI is InChI=1S/C11H8BrCl2NO/c12-10-1-2-16-11(10)6-15-9-4-7(13)3-8(14)5-9/h1-5,15H,6H2. The maximum atomic E-state index is 5.88. The Bertz CT molecular complexity index is 478. The molecule has 0 aliphatic heterocycles. The average Bonchev–Trinajstić information content (AvgIpc) is 2.59. The Morgan fingerprint density at radius 3 is 2.44 bits per heavy atom. The van der Waals surface area contributed by atoms with E-state index in [9.17, 15) is 0 Å². The van der Waals surface area contributed by atoms with Gasteiger partial charge in [-0.3, -0.25) is 0 Å². The molecule has 16 heavy (non-hydrogen) atoms. The summed E-state index contributed by atoms with van der Waals surface area (Å²) in [7, 11) is 0. The molecule has 0 spiro atoms. The fourth-order valence-corrected chi connectivity index (χ4v) is 2.16. The van der Waals surface area contributed by atoms with Crippen molar-refractivity contribution in [3.8, 4) is 0 Å². The summed E-state index contributed by atoms with van der Waals surface area (Å²) in [5.41, 5.74) is 0.862. The molecule has 0 fully saturated rings. The Morgan fingerprint density at radius 2 is 1.88 bits per heavy atom. The lowest BCUT2D eigenvalue weighted by Crippen LogP contribution is -1.98. The lowest BCUT2D eigenvalue weighted by atomic mass is 10.3. The van der Waals surface area contributed by atoms with Crippen LogP contribution in [0.2, 0.25) is 10.0 Å². The van der Waals surface area contributed by atoms with Gasteiger partial charge in [-0.05, 0) is 40.2 Å². The summed E-state index contributed by atoms with van der Waals surface area (Å²) in [6.45, 7) is 0.574. The van der Waals surface area contributed by atoms with Gasteiger partial charge in [0.1, 0.15) is 5.76 Å². The van der Waals surface area contributed by atoms with Crippen LogP contribution in [-0.2, 0) is 6.54 Å². The van der Waals surface area contributed by atoms with Crippen LogP contribution in [0.5, 0.6) is 0 Å². The minimum absolute atomic E-state index is 0.574. The normalized spacial score (nSPS) is 10.4. The van der Waals surface area contributed by atoms with Gasteiger partial charge in [0, 0.05) is 15.7 Å². The van der Waals surface area contributed by atoms with E-state index in [-0.39, 0.29) is 0 Å². The van der Waals surface area contributed by atoms with E-state index in [1.807, 2.05) is 18.2 Å². The smallest absolute Gasteiger partial charge is 0.136 e. The SMILES string of the molecule is Clc1cc(Cl)cc(NCc2occc2Br)c1. The van der Waals surface area contributed by atoms with Gasteiger partial charge in [0.15, 0.2) is 0 Å². The molecule has 0 atom stereocenters. The Morgan fingerprint density at radius 1 is 1.19 bits per heavy atom. The number of halogens is 3. The molecule has 0 bridgehead atoms. The molecule has 2 aromatic rings. The fourth-order valence-electron chi connectivity index (χ4n) is 1.29. The number of furan rings is 1. The Hall–Kier alpha value is -0.640. The zero-order valence-corrected chi connectivity index (χ0v) is 11.2. The number of hydrogen-bond acceptors (Lipinski definition) is 2. The summed E-state index contributed by atoms with van der Waals surface area (Å²) in [5.74, 6) is 0.830. The molecule has 0 radical (unpaired) electrons. The first-order valence-corrected chi connectivity index (χ1v) is 6.12. The van der Waals surface area contributed by atoms with Crippen LogP contribution in [0.25, 0.3) is 0 Å². The van der Waals surface area contributed by atoms with E-state index in [0.717, 1.165) is 15.9 Å². The Balaban J connectivity index is 2.07. The van der Waals surface area contributed by atoms with Gasteiger partial charge >= 0.3 is 0 Å².